The number of hydrogen-bond donors (Lipinski definition) is 1. The first-order valence-corrected chi connectivity index (χ1v) is 5.72. The molecule has 0 aliphatic carbocycles. The number of nitrogens with zero attached hydrogens (tertiary/aromatic N) is 2. The van der Waals surface area contributed by atoms with E-state index in [-0.39, 0.29) is 11.5 Å². The molecule has 1 N–H and O–H groups in total. The molecule has 1 amide bonds. The third-order valence-electron chi connectivity index (χ3n) is 3.22. The number of carbonyl (C=O) groups is 1. The average Bonchev–Trinajstić information content (AvgIpc) is 2.33. The van der Waals surface area contributed by atoms with Crippen molar-refractivity contribution in [2.45, 2.75) is 19.4 Å². The van der Waals surface area contributed by atoms with Gasteiger partial charge in [-0.3, -0.25) is 4.79 Å². The van der Waals surface area contributed by atoms with E-state index >= 15 is 0 Å². The molecule has 1 aliphatic heterocycles. The van der Waals surface area contributed by atoms with Crippen LogP contribution in [0.2, 0.25) is 0 Å². The summed E-state index contributed by atoms with van der Waals surface area (Å²) in [6, 6.07) is 6.02. The molecule has 18 heavy (non-hydrogen) atoms. The summed E-state index contributed by atoms with van der Waals surface area (Å²) in [5, 5.41) is 11.8. The molecule has 0 spiro atoms. The van der Waals surface area contributed by atoms with Gasteiger partial charge in [-0.25, -0.2) is 4.39 Å². The van der Waals surface area contributed by atoms with Crippen LogP contribution < -0.4 is 10.2 Å². The van der Waals surface area contributed by atoms with E-state index in [9.17, 15) is 9.18 Å². The van der Waals surface area contributed by atoms with Crippen molar-refractivity contribution < 1.29 is 9.18 Å². The number of hydrogen-bond acceptors (Lipinski definition) is 3. The zero-order valence-corrected chi connectivity index (χ0v) is 10.3. The molecule has 4 nitrogen and oxygen atoms in total. The quantitative estimate of drug-likeness (QED) is 0.816. The molecule has 0 radical (unpaired) electrons. The van der Waals surface area contributed by atoms with Gasteiger partial charge in [-0.15, -0.1) is 0 Å². The summed E-state index contributed by atoms with van der Waals surface area (Å²) in [5.41, 5.74) is 0.0957. The van der Waals surface area contributed by atoms with Crippen LogP contribution in [0.4, 0.5) is 10.1 Å². The number of nitriles is 1. The van der Waals surface area contributed by atoms with Crippen LogP contribution in [-0.2, 0) is 4.79 Å². The van der Waals surface area contributed by atoms with E-state index < -0.39 is 11.4 Å². The van der Waals surface area contributed by atoms with Gasteiger partial charge in [0.25, 0.3) is 0 Å². The lowest BCUT2D eigenvalue weighted by Crippen LogP contribution is -2.62. The standard InChI is InChI=1S/C13H14FN3O/c1-13(2)12(18)16-5-6-17(13)11-4-3-10(14)7-9(11)8-15/h3-4,7H,5-6H2,1-2H3,(H,16,18). The molecule has 0 atom stereocenters. The summed E-state index contributed by atoms with van der Waals surface area (Å²) in [6.45, 7) is 4.68. The van der Waals surface area contributed by atoms with Crippen LogP contribution in [-0.4, -0.2) is 24.5 Å². The second-order valence-corrected chi connectivity index (χ2v) is 4.74. The van der Waals surface area contributed by atoms with Crippen molar-refractivity contribution in [3.63, 3.8) is 0 Å². The van der Waals surface area contributed by atoms with E-state index in [2.05, 4.69) is 5.32 Å². The smallest absolute Gasteiger partial charge is 0.245 e. The van der Waals surface area contributed by atoms with Crippen molar-refractivity contribution in [1.29, 1.82) is 5.26 Å². The Morgan fingerprint density at radius 1 is 1.50 bits per heavy atom. The number of amides is 1. The Hall–Kier alpha value is -2.09. The molecular formula is C13H14FN3O. The normalized spacial score (nSPS) is 18.1. The third kappa shape index (κ3) is 1.90. The van der Waals surface area contributed by atoms with Gasteiger partial charge in [0.1, 0.15) is 17.4 Å². The molecule has 1 saturated heterocycles. The molecule has 0 saturated carbocycles. The summed E-state index contributed by atoms with van der Waals surface area (Å²) in [5.74, 6) is -0.545. The predicted octanol–water partition coefficient (Wildman–Crippen LogP) is 1.41. The molecule has 0 unspecified atom stereocenters. The van der Waals surface area contributed by atoms with Crippen molar-refractivity contribution in [3.05, 3.63) is 29.6 Å². The Kier molecular flexibility index (Phi) is 2.95. The first kappa shape index (κ1) is 12.4. The molecule has 2 rings (SSSR count). The Bertz CT molecular complexity index is 534. The van der Waals surface area contributed by atoms with E-state index in [0.29, 0.717) is 18.8 Å². The van der Waals surface area contributed by atoms with Gasteiger partial charge in [0.15, 0.2) is 0 Å². The first-order chi connectivity index (χ1) is 8.46. The molecule has 5 heteroatoms. The Labute approximate surface area is 105 Å². The van der Waals surface area contributed by atoms with Crippen LogP contribution in [0.15, 0.2) is 18.2 Å². The van der Waals surface area contributed by atoms with Crippen molar-refractivity contribution in [2.24, 2.45) is 0 Å². The zero-order chi connectivity index (χ0) is 13.3. The highest BCUT2D eigenvalue weighted by molar-refractivity contribution is 5.90. The molecule has 1 aliphatic rings. The van der Waals surface area contributed by atoms with E-state index in [1.54, 1.807) is 19.9 Å². The summed E-state index contributed by atoms with van der Waals surface area (Å²) in [7, 11) is 0. The molecule has 0 bridgehead atoms. The highest BCUT2D eigenvalue weighted by atomic mass is 19.1. The molecule has 1 fully saturated rings. The Balaban J connectivity index is 2.48. The summed E-state index contributed by atoms with van der Waals surface area (Å²) in [6.07, 6.45) is 0. The van der Waals surface area contributed by atoms with E-state index in [1.807, 2.05) is 11.0 Å². The van der Waals surface area contributed by atoms with Crippen LogP contribution in [0.5, 0.6) is 0 Å². The number of nitrogens with one attached hydrogen (secondary N) is 1. The lowest BCUT2D eigenvalue weighted by Gasteiger charge is -2.43. The maximum atomic E-state index is 13.1. The van der Waals surface area contributed by atoms with Crippen LogP contribution in [0.25, 0.3) is 0 Å². The molecule has 94 valence electrons. The highest BCUT2D eigenvalue weighted by Gasteiger charge is 2.38. The van der Waals surface area contributed by atoms with Crippen LogP contribution in [0.3, 0.4) is 0 Å². The molecule has 0 aromatic heterocycles. The highest BCUT2D eigenvalue weighted by Crippen LogP contribution is 2.29. The Morgan fingerprint density at radius 3 is 2.89 bits per heavy atom. The second-order valence-electron chi connectivity index (χ2n) is 4.74. The summed E-state index contributed by atoms with van der Waals surface area (Å²) >= 11 is 0. The fourth-order valence-corrected chi connectivity index (χ4v) is 2.15. The fourth-order valence-electron chi connectivity index (χ4n) is 2.15. The van der Waals surface area contributed by atoms with Gasteiger partial charge in [0, 0.05) is 13.1 Å². The van der Waals surface area contributed by atoms with Crippen LogP contribution >= 0.6 is 0 Å². The lowest BCUT2D eigenvalue weighted by atomic mass is 9.96. The molecule has 1 aromatic rings. The molecule has 1 aromatic carbocycles. The monoisotopic (exact) mass is 247 g/mol. The van der Waals surface area contributed by atoms with Gasteiger partial charge >= 0.3 is 0 Å². The maximum absolute atomic E-state index is 13.1. The van der Waals surface area contributed by atoms with Gasteiger partial charge in [-0.2, -0.15) is 5.26 Å². The minimum atomic E-state index is -0.748. The predicted molar refractivity (Wildman–Crippen MR) is 65.5 cm³/mol. The largest absolute Gasteiger partial charge is 0.355 e. The topological polar surface area (TPSA) is 56.1 Å². The fraction of sp³-hybridized carbons (Fsp3) is 0.385. The summed E-state index contributed by atoms with van der Waals surface area (Å²) < 4.78 is 13.1. The van der Waals surface area contributed by atoms with E-state index in [0.717, 1.165) is 0 Å². The number of piperazine rings is 1. The average molecular weight is 247 g/mol. The van der Waals surface area contributed by atoms with Gasteiger partial charge < -0.3 is 10.2 Å². The van der Waals surface area contributed by atoms with Crippen molar-refractivity contribution in [3.8, 4) is 6.07 Å². The number of rotatable bonds is 1. The minimum Gasteiger partial charge on any atom is -0.355 e. The first-order valence-electron chi connectivity index (χ1n) is 5.72. The third-order valence-corrected chi connectivity index (χ3v) is 3.22. The number of carbonyl (C=O) groups excluding carboxylic acids is 1. The molecular weight excluding hydrogens is 233 g/mol. The van der Waals surface area contributed by atoms with Crippen molar-refractivity contribution in [1.82, 2.24) is 5.32 Å². The minimum absolute atomic E-state index is 0.0954. The maximum Gasteiger partial charge on any atom is 0.245 e. The molecule has 1 heterocycles. The van der Waals surface area contributed by atoms with Gasteiger partial charge in [0.05, 0.1) is 11.3 Å². The SMILES string of the molecule is CC1(C)C(=O)NCCN1c1ccc(F)cc1C#N. The Morgan fingerprint density at radius 2 is 2.22 bits per heavy atom. The van der Waals surface area contributed by atoms with Crippen molar-refractivity contribution >= 4 is 11.6 Å². The van der Waals surface area contributed by atoms with Crippen LogP contribution in [0.1, 0.15) is 19.4 Å². The zero-order valence-electron chi connectivity index (χ0n) is 10.3. The number of halogens is 1. The van der Waals surface area contributed by atoms with Gasteiger partial charge in [-0.1, -0.05) is 0 Å². The number of benzene rings is 1. The summed E-state index contributed by atoms with van der Waals surface area (Å²) in [4.78, 5) is 13.7. The van der Waals surface area contributed by atoms with Gasteiger partial charge in [-0.05, 0) is 32.0 Å². The van der Waals surface area contributed by atoms with Crippen LogP contribution in [0, 0.1) is 17.1 Å². The van der Waals surface area contributed by atoms with Gasteiger partial charge in [0.2, 0.25) is 5.91 Å². The van der Waals surface area contributed by atoms with E-state index in [1.165, 1.54) is 12.1 Å². The second kappa shape index (κ2) is 4.30. The number of anilines is 1. The lowest BCUT2D eigenvalue weighted by molar-refractivity contribution is -0.126. The van der Waals surface area contributed by atoms with Crippen molar-refractivity contribution in [2.75, 3.05) is 18.0 Å². The van der Waals surface area contributed by atoms with E-state index in [4.69, 9.17) is 5.26 Å².